The SMILES string of the molecule is CCCN(CC1CCCN1)S(=O)(=O)NC(C)(C)C. The zero-order chi connectivity index (χ0) is 13.8. The summed E-state index contributed by atoms with van der Waals surface area (Å²) in [5.41, 5.74) is -0.437. The Bertz CT molecular complexity index is 343. The summed E-state index contributed by atoms with van der Waals surface area (Å²) in [5.74, 6) is 0. The summed E-state index contributed by atoms with van der Waals surface area (Å²) < 4.78 is 28.9. The highest BCUT2D eigenvalue weighted by molar-refractivity contribution is 7.87. The molecule has 1 aliphatic rings. The summed E-state index contributed by atoms with van der Waals surface area (Å²) in [6.45, 7) is 9.73. The largest absolute Gasteiger partial charge is 0.313 e. The third-order valence-electron chi connectivity index (χ3n) is 2.83. The van der Waals surface area contributed by atoms with Crippen molar-refractivity contribution in [3.63, 3.8) is 0 Å². The minimum Gasteiger partial charge on any atom is -0.313 e. The van der Waals surface area contributed by atoms with E-state index < -0.39 is 15.7 Å². The molecule has 0 amide bonds. The highest BCUT2D eigenvalue weighted by atomic mass is 32.2. The molecule has 1 aliphatic heterocycles. The Hall–Kier alpha value is -0.170. The second-order valence-electron chi connectivity index (χ2n) is 6.01. The topological polar surface area (TPSA) is 61.4 Å². The molecule has 1 heterocycles. The molecule has 0 aliphatic carbocycles. The Morgan fingerprint density at radius 2 is 2.06 bits per heavy atom. The fourth-order valence-electron chi connectivity index (χ4n) is 2.17. The van der Waals surface area contributed by atoms with Gasteiger partial charge in [-0.25, -0.2) is 0 Å². The van der Waals surface area contributed by atoms with Crippen molar-refractivity contribution in [2.24, 2.45) is 0 Å². The Balaban J connectivity index is 2.69. The maximum atomic E-state index is 12.3. The first-order valence-electron chi connectivity index (χ1n) is 6.77. The molecule has 0 saturated carbocycles. The van der Waals surface area contributed by atoms with Crippen molar-refractivity contribution < 1.29 is 8.42 Å². The molecule has 108 valence electrons. The quantitative estimate of drug-likeness (QED) is 0.764. The van der Waals surface area contributed by atoms with Gasteiger partial charge in [0, 0.05) is 24.7 Å². The van der Waals surface area contributed by atoms with Gasteiger partial charge in [0.25, 0.3) is 10.2 Å². The molecule has 18 heavy (non-hydrogen) atoms. The highest BCUT2D eigenvalue weighted by Crippen LogP contribution is 2.12. The molecule has 1 atom stereocenters. The molecule has 0 spiro atoms. The van der Waals surface area contributed by atoms with E-state index in [4.69, 9.17) is 0 Å². The maximum Gasteiger partial charge on any atom is 0.279 e. The maximum absolute atomic E-state index is 12.3. The number of nitrogens with one attached hydrogen (secondary N) is 2. The number of hydrogen-bond acceptors (Lipinski definition) is 3. The third kappa shape index (κ3) is 5.22. The molecule has 5 nitrogen and oxygen atoms in total. The smallest absolute Gasteiger partial charge is 0.279 e. The van der Waals surface area contributed by atoms with Crippen molar-refractivity contribution in [3.05, 3.63) is 0 Å². The van der Waals surface area contributed by atoms with E-state index in [0.29, 0.717) is 19.1 Å². The molecular weight excluding hydrogens is 250 g/mol. The Morgan fingerprint density at radius 3 is 2.50 bits per heavy atom. The molecule has 6 heteroatoms. The number of nitrogens with zero attached hydrogens (tertiary/aromatic N) is 1. The zero-order valence-corrected chi connectivity index (χ0v) is 12.8. The van der Waals surface area contributed by atoms with Gasteiger partial charge in [0.1, 0.15) is 0 Å². The van der Waals surface area contributed by atoms with Crippen LogP contribution >= 0.6 is 0 Å². The lowest BCUT2D eigenvalue weighted by molar-refractivity contribution is 0.353. The first-order valence-corrected chi connectivity index (χ1v) is 8.21. The van der Waals surface area contributed by atoms with Crippen LogP contribution in [0.15, 0.2) is 0 Å². The van der Waals surface area contributed by atoms with Gasteiger partial charge in [0.15, 0.2) is 0 Å². The standard InChI is InChI=1S/C12H27N3O2S/c1-5-9-15(10-11-7-6-8-13-11)18(16,17)14-12(2,3)4/h11,13-14H,5-10H2,1-4H3. The average Bonchev–Trinajstić information content (AvgIpc) is 2.66. The first kappa shape index (κ1) is 15.9. The fourth-order valence-corrected chi connectivity index (χ4v) is 3.87. The lowest BCUT2D eigenvalue weighted by Crippen LogP contribution is -2.51. The van der Waals surface area contributed by atoms with Crippen LogP contribution in [0.3, 0.4) is 0 Å². The molecule has 1 unspecified atom stereocenters. The molecule has 2 N–H and O–H groups in total. The first-order chi connectivity index (χ1) is 8.24. The van der Waals surface area contributed by atoms with Crippen LogP contribution in [0.25, 0.3) is 0 Å². The van der Waals surface area contributed by atoms with Crippen molar-refractivity contribution in [2.75, 3.05) is 19.6 Å². The lowest BCUT2D eigenvalue weighted by atomic mass is 10.1. The van der Waals surface area contributed by atoms with Crippen LogP contribution in [0.4, 0.5) is 0 Å². The lowest BCUT2D eigenvalue weighted by Gasteiger charge is -2.29. The van der Waals surface area contributed by atoms with E-state index in [2.05, 4.69) is 10.0 Å². The Labute approximate surface area is 112 Å². The average molecular weight is 277 g/mol. The van der Waals surface area contributed by atoms with E-state index in [1.807, 2.05) is 27.7 Å². The highest BCUT2D eigenvalue weighted by Gasteiger charge is 2.29. The van der Waals surface area contributed by atoms with E-state index in [0.717, 1.165) is 25.8 Å². The van der Waals surface area contributed by atoms with Crippen molar-refractivity contribution >= 4 is 10.2 Å². The molecule has 1 saturated heterocycles. The minimum absolute atomic E-state index is 0.299. The summed E-state index contributed by atoms with van der Waals surface area (Å²) in [4.78, 5) is 0. The summed E-state index contributed by atoms with van der Waals surface area (Å²) in [6.07, 6.45) is 3.03. The van der Waals surface area contributed by atoms with E-state index in [1.54, 1.807) is 4.31 Å². The van der Waals surface area contributed by atoms with Crippen LogP contribution in [0, 0.1) is 0 Å². The van der Waals surface area contributed by atoms with Gasteiger partial charge < -0.3 is 5.32 Å². The zero-order valence-electron chi connectivity index (χ0n) is 12.0. The van der Waals surface area contributed by atoms with E-state index >= 15 is 0 Å². The molecule has 0 aromatic rings. The van der Waals surface area contributed by atoms with Crippen LogP contribution < -0.4 is 10.0 Å². The van der Waals surface area contributed by atoms with Gasteiger partial charge >= 0.3 is 0 Å². The normalized spacial score (nSPS) is 21.7. The molecule has 0 bridgehead atoms. The predicted molar refractivity (Wildman–Crippen MR) is 74.7 cm³/mol. The van der Waals surface area contributed by atoms with Gasteiger partial charge in [0.2, 0.25) is 0 Å². The Kier molecular flexibility index (Phi) is 5.58. The predicted octanol–water partition coefficient (Wildman–Crippen LogP) is 1.08. The molecule has 1 rings (SSSR count). The van der Waals surface area contributed by atoms with Gasteiger partial charge in [-0.15, -0.1) is 0 Å². The minimum atomic E-state index is -3.39. The fraction of sp³-hybridized carbons (Fsp3) is 1.00. The monoisotopic (exact) mass is 277 g/mol. The van der Waals surface area contributed by atoms with Crippen LogP contribution in [0.2, 0.25) is 0 Å². The van der Waals surface area contributed by atoms with Crippen molar-refractivity contribution in [3.8, 4) is 0 Å². The van der Waals surface area contributed by atoms with Gasteiger partial charge in [-0.3, -0.25) is 0 Å². The van der Waals surface area contributed by atoms with Gasteiger partial charge in [-0.1, -0.05) is 6.92 Å². The number of rotatable bonds is 6. The van der Waals surface area contributed by atoms with Crippen molar-refractivity contribution in [1.29, 1.82) is 0 Å². The molecule has 0 aromatic heterocycles. The summed E-state index contributed by atoms with van der Waals surface area (Å²) in [7, 11) is -3.39. The van der Waals surface area contributed by atoms with E-state index in [9.17, 15) is 8.42 Å². The molecule has 0 radical (unpaired) electrons. The van der Waals surface area contributed by atoms with E-state index in [-0.39, 0.29) is 0 Å². The van der Waals surface area contributed by atoms with Gasteiger partial charge in [0.05, 0.1) is 0 Å². The van der Waals surface area contributed by atoms with Crippen LogP contribution in [-0.2, 0) is 10.2 Å². The summed E-state index contributed by atoms with van der Waals surface area (Å²) >= 11 is 0. The third-order valence-corrected chi connectivity index (χ3v) is 4.72. The van der Waals surface area contributed by atoms with Gasteiger partial charge in [-0.2, -0.15) is 17.4 Å². The molecular formula is C12H27N3O2S. The van der Waals surface area contributed by atoms with Crippen LogP contribution in [0.5, 0.6) is 0 Å². The van der Waals surface area contributed by atoms with Crippen molar-refractivity contribution in [1.82, 2.24) is 14.3 Å². The summed E-state index contributed by atoms with van der Waals surface area (Å²) in [6, 6.07) is 0.299. The molecule has 1 fully saturated rings. The van der Waals surface area contributed by atoms with Gasteiger partial charge in [-0.05, 0) is 46.6 Å². The number of hydrogen-bond donors (Lipinski definition) is 2. The van der Waals surface area contributed by atoms with E-state index in [1.165, 1.54) is 0 Å². The second-order valence-corrected chi connectivity index (χ2v) is 7.68. The summed E-state index contributed by atoms with van der Waals surface area (Å²) in [5, 5.41) is 3.35. The second kappa shape index (κ2) is 6.32. The molecule has 0 aromatic carbocycles. The van der Waals surface area contributed by atoms with Crippen LogP contribution in [0.1, 0.15) is 47.0 Å². The van der Waals surface area contributed by atoms with Crippen LogP contribution in [-0.4, -0.2) is 43.9 Å². The Morgan fingerprint density at radius 1 is 1.39 bits per heavy atom. The van der Waals surface area contributed by atoms with Crippen molar-refractivity contribution in [2.45, 2.75) is 58.5 Å².